The van der Waals surface area contributed by atoms with E-state index in [0.29, 0.717) is 38.4 Å². The van der Waals surface area contributed by atoms with Crippen molar-refractivity contribution in [3.63, 3.8) is 0 Å². The fourth-order valence-corrected chi connectivity index (χ4v) is 4.25. The monoisotopic (exact) mass is 532 g/mol. The van der Waals surface area contributed by atoms with Gasteiger partial charge < -0.3 is 15.1 Å². The SMILES string of the molecule is Fc1ccc(-n2nnnc2NCc2cccnc2N2CCCN(CCC(F)(F)F)CC2)c(Cl)c1Cl. The van der Waals surface area contributed by atoms with Crippen LogP contribution >= 0.6 is 23.2 Å². The van der Waals surface area contributed by atoms with E-state index in [4.69, 9.17) is 23.2 Å². The van der Waals surface area contributed by atoms with E-state index in [1.807, 2.05) is 11.0 Å². The first-order valence-corrected chi connectivity index (χ1v) is 11.6. The molecule has 0 unspecified atom stereocenters. The predicted octanol–water partition coefficient (Wildman–Crippen LogP) is 4.58. The van der Waals surface area contributed by atoms with Crippen molar-refractivity contribution in [3.8, 4) is 5.69 Å². The highest BCUT2D eigenvalue weighted by Crippen LogP contribution is 2.32. The number of hydrogen-bond donors (Lipinski definition) is 1. The molecule has 35 heavy (non-hydrogen) atoms. The smallest absolute Gasteiger partial charge is 0.355 e. The highest BCUT2D eigenvalue weighted by molar-refractivity contribution is 6.43. The molecule has 3 aromatic rings. The molecule has 8 nitrogen and oxygen atoms in total. The van der Waals surface area contributed by atoms with Gasteiger partial charge in [0.1, 0.15) is 11.6 Å². The second-order valence-corrected chi connectivity index (χ2v) is 8.75. The van der Waals surface area contributed by atoms with Gasteiger partial charge >= 0.3 is 6.18 Å². The van der Waals surface area contributed by atoms with Gasteiger partial charge in [0.05, 0.1) is 22.2 Å². The van der Waals surface area contributed by atoms with E-state index in [1.54, 1.807) is 12.3 Å². The van der Waals surface area contributed by atoms with Crippen LogP contribution in [-0.4, -0.2) is 69.0 Å². The van der Waals surface area contributed by atoms with Gasteiger partial charge in [-0.1, -0.05) is 34.4 Å². The molecule has 1 fully saturated rings. The van der Waals surface area contributed by atoms with Gasteiger partial charge in [-0.3, -0.25) is 0 Å². The molecule has 1 N–H and O–H groups in total. The maximum atomic E-state index is 13.7. The summed E-state index contributed by atoms with van der Waals surface area (Å²) in [6.07, 6.45) is -2.58. The summed E-state index contributed by atoms with van der Waals surface area (Å²) >= 11 is 12.1. The number of aromatic nitrogens is 5. The minimum Gasteiger partial charge on any atom is -0.355 e. The summed E-state index contributed by atoms with van der Waals surface area (Å²) in [6.45, 7) is 2.65. The first kappa shape index (κ1) is 25.4. The van der Waals surface area contributed by atoms with Gasteiger partial charge in [-0.15, -0.1) is 0 Å². The molecule has 0 saturated carbocycles. The number of rotatable bonds is 7. The lowest BCUT2D eigenvalue weighted by Gasteiger charge is -2.25. The molecule has 0 spiro atoms. The van der Waals surface area contributed by atoms with E-state index in [1.165, 1.54) is 16.8 Å². The van der Waals surface area contributed by atoms with Crippen molar-refractivity contribution in [2.45, 2.75) is 25.6 Å². The summed E-state index contributed by atoms with van der Waals surface area (Å²) < 4.78 is 52.8. The Bertz CT molecular complexity index is 1160. The average molecular weight is 533 g/mol. The van der Waals surface area contributed by atoms with Crippen LogP contribution in [-0.2, 0) is 6.54 Å². The van der Waals surface area contributed by atoms with Gasteiger partial charge in [0.25, 0.3) is 0 Å². The fourth-order valence-electron chi connectivity index (χ4n) is 3.86. The van der Waals surface area contributed by atoms with Gasteiger partial charge in [0.15, 0.2) is 0 Å². The largest absolute Gasteiger partial charge is 0.390 e. The van der Waals surface area contributed by atoms with Crippen LogP contribution in [0.3, 0.4) is 0 Å². The first-order valence-electron chi connectivity index (χ1n) is 10.9. The molecule has 1 aliphatic rings. The average Bonchev–Trinajstić information content (AvgIpc) is 3.16. The Hall–Kier alpha value is -2.70. The second kappa shape index (κ2) is 10.9. The van der Waals surface area contributed by atoms with Crippen LogP contribution in [0.1, 0.15) is 18.4 Å². The van der Waals surface area contributed by atoms with Crippen LogP contribution in [0.15, 0.2) is 30.5 Å². The van der Waals surface area contributed by atoms with Gasteiger partial charge in [0, 0.05) is 44.5 Å². The van der Waals surface area contributed by atoms with Crippen LogP contribution in [0.2, 0.25) is 10.0 Å². The number of halogens is 6. The van der Waals surface area contributed by atoms with Gasteiger partial charge in [-0.2, -0.15) is 17.9 Å². The molecule has 0 bridgehead atoms. The first-order chi connectivity index (χ1) is 16.7. The molecule has 1 aromatic carbocycles. The maximum Gasteiger partial charge on any atom is 0.390 e. The molecule has 1 aliphatic heterocycles. The Labute approximate surface area is 208 Å². The van der Waals surface area contributed by atoms with Gasteiger partial charge in [0.2, 0.25) is 5.95 Å². The number of nitrogens with one attached hydrogen (secondary N) is 1. The van der Waals surface area contributed by atoms with E-state index in [0.717, 1.165) is 17.8 Å². The number of tetrazole rings is 1. The van der Waals surface area contributed by atoms with Crippen LogP contribution in [0, 0.1) is 5.82 Å². The van der Waals surface area contributed by atoms with Crippen molar-refractivity contribution in [2.24, 2.45) is 0 Å². The lowest BCUT2D eigenvalue weighted by atomic mass is 10.2. The zero-order valence-corrected chi connectivity index (χ0v) is 20.0. The number of nitrogens with zero attached hydrogens (tertiary/aromatic N) is 7. The van der Waals surface area contributed by atoms with Crippen LogP contribution in [0.4, 0.5) is 29.3 Å². The minimum absolute atomic E-state index is 0.00735. The topological polar surface area (TPSA) is 75.0 Å². The second-order valence-electron chi connectivity index (χ2n) is 8.00. The quantitative estimate of drug-likeness (QED) is 0.352. The van der Waals surface area contributed by atoms with E-state index in [-0.39, 0.29) is 22.5 Å². The molecule has 4 rings (SSSR count). The summed E-state index contributed by atoms with van der Waals surface area (Å²) in [5.41, 5.74) is 1.16. The van der Waals surface area contributed by atoms with Gasteiger partial charge in [-0.25, -0.2) is 9.37 Å². The Morgan fingerprint density at radius 2 is 1.86 bits per heavy atom. The predicted molar refractivity (Wildman–Crippen MR) is 125 cm³/mol. The standard InChI is InChI=1S/C21H22Cl2F4N8/c22-17-15(24)4-5-16(18(17)23)35-20(30-31-32-35)29-13-14-3-1-7-28-19(14)34-9-2-8-33(11-12-34)10-6-21(25,26)27/h1,3-5,7H,2,6,8-13H2,(H,29,30,32). The summed E-state index contributed by atoms with van der Waals surface area (Å²) in [7, 11) is 0. The minimum atomic E-state index is -4.16. The van der Waals surface area contributed by atoms with Crippen molar-refractivity contribution in [1.29, 1.82) is 0 Å². The zero-order chi connectivity index (χ0) is 25.0. The normalized spacial score (nSPS) is 15.3. The van der Waals surface area contributed by atoms with Gasteiger partial charge in [-0.05, 0) is 41.6 Å². The van der Waals surface area contributed by atoms with E-state index >= 15 is 0 Å². The van der Waals surface area contributed by atoms with Crippen molar-refractivity contribution >= 4 is 35.0 Å². The molecular weight excluding hydrogens is 511 g/mol. The number of benzene rings is 1. The Kier molecular flexibility index (Phi) is 7.92. The third kappa shape index (κ3) is 6.30. The highest BCUT2D eigenvalue weighted by atomic mass is 35.5. The van der Waals surface area contributed by atoms with Crippen molar-refractivity contribution in [3.05, 3.63) is 51.9 Å². The molecule has 0 amide bonds. The van der Waals surface area contributed by atoms with Crippen LogP contribution in [0.25, 0.3) is 5.69 Å². The van der Waals surface area contributed by atoms with E-state index in [9.17, 15) is 17.6 Å². The Balaban J connectivity index is 1.45. The summed E-state index contributed by atoms with van der Waals surface area (Å²) in [4.78, 5) is 8.43. The summed E-state index contributed by atoms with van der Waals surface area (Å²) in [6, 6.07) is 6.29. The Morgan fingerprint density at radius 1 is 1.03 bits per heavy atom. The van der Waals surface area contributed by atoms with Crippen molar-refractivity contribution < 1.29 is 17.6 Å². The molecule has 188 valence electrons. The lowest BCUT2D eigenvalue weighted by molar-refractivity contribution is -0.137. The Morgan fingerprint density at radius 3 is 2.66 bits per heavy atom. The third-order valence-corrected chi connectivity index (χ3v) is 6.47. The van der Waals surface area contributed by atoms with E-state index in [2.05, 4.69) is 30.7 Å². The molecule has 14 heteroatoms. The molecule has 3 heterocycles. The zero-order valence-electron chi connectivity index (χ0n) is 18.4. The molecular formula is C21H22Cl2F4N8. The number of alkyl halides is 3. The van der Waals surface area contributed by atoms with Crippen molar-refractivity contribution in [1.82, 2.24) is 30.1 Å². The fraction of sp³-hybridized carbons (Fsp3) is 0.429. The van der Waals surface area contributed by atoms with Crippen LogP contribution < -0.4 is 10.2 Å². The molecule has 1 saturated heterocycles. The number of hydrogen-bond acceptors (Lipinski definition) is 7. The summed E-state index contributed by atoms with van der Waals surface area (Å²) in [5.74, 6) is 0.343. The van der Waals surface area contributed by atoms with Crippen LogP contribution in [0.5, 0.6) is 0 Å². The van der Waals surface area contributed by atoms with Crippen molar-refractivity contribution in [2.75, 3.05) is 42.9 Å². The number of anilines is 2. The lowest BCUT2D eigenvalue weighted by Crippen LogP contribution is -2.33. The highest BCUT2D eigenvalue weighted by Gasteiger charge is 2.28. The maximum absolute atomic E-state index is 13.7. The summed E-state index contributed by atoms with van der Waals surface area (Å²) in [5, 5.41) is 14.4. The molecule has 0 atom stereocenters. The molecule has 2 aromatic heterocycles. The van der Waals surface area contributed by atoms with E-state index < -0.39 is 18.4 Å². The molecule has 0 aliphatic carbocycles. The third-order valence-electron chi connectivity index (χ3n) is 5.62. The number of pyridine rings is 1. The molecule has 0 radical (unpaired) electrons.